The molecular formula is C24H24BN5O4. The number of amides is 1. The summed E-state index contributed by atoms with van der Waals surface area (Å²) in [7, 11) is 1.95. The van der Waals surface area contributed by atoms with Gasteiger partial charge in [-0.25, -0.2) is 4.98 Å². The van der Waals surface area contributed by atoms with E-state index in [1.807, 2.05) is 26.0 Å². The Hall–Kier alpha value is -4.21. The number of anilines is 1. The van der Waals surface area contributed by atoms with E-state index in [1.54, 1.807) is 41.0 Å². The molecule has 34 heavy (non-hydrogen) atoms. The first-order chi connectivity index (χ1) is 16.6. The van der Waals surface area contributed by atoms with Crippen LogP contribution in [0.5, 0.6) is 17.2 Å². The maximum atomic E-state index is 12.4. The van der Waals surface area contributed by atoms with Crippen molar-refractivity contribution >= 4 is 30.7 Å². The number of phenols is 1. The van der Waals surface area contributed by atoms with Gasteiger partial charge in [-0.1, -0.05) is 12.1 Å². The molecule has 0 atom stereocenters. The van der Waals surface area contributed by atoms with E-state index in [1.165, 1.54) is 0 Å². The molecule has 0 spiro atoms. The van der Waals surface area contributed by atoms with Crippen LogP contribution in [0.2, 0.25) is 0 Å². The van der Waals surface area contributed by atoms with Crippen LogP contribution in [0.4, 0.5) is 5.82 Å². The number of nitrogens with one attached hydrogen (secondary N) is 2. The second-order valence-electron chi connectivity index (χ2n) is 8.06. The number of unbranched alkanes of at least 4 members (excludes halogenated alkanes) is 1. The van der Waals surface area contributed by atoms with Crippen LogP contribution < -0.4 is 25.6 Å². The number of carbonyl (C=O) groups excluding carboxylic acids is 1. The van der Waals surface area contributed by atoms with Crippen molar-refractivity contribution in [3.05, 3.63) is 60.3 Å². The van der Waals surface area contributed by atoms with Crippen LogP contribution in [0.1, 0.15) is 23.2 Å². The van der Waals surface area contributed by atoms with Gasteiger partial charge in [0.1, 0.15) is 19.4 Å². The highest BCUT2D eigenvalue weighted by Gasteiger charge is 2.16. The second kappa shape index (κ2) is 9.34. The fourth-order valence-electron chi connectivity index (χ4n) is 3.83. The van der Waals surface area contributed by atoms with E-state index in [0.717, 1.165) is 29.8 Å². The largest absolute Gasteiger partial charge is 0.507 e. The molecule has 1 aliphatic rings. The number of hydrogen-bond donors (Lipinski definition) is 3. The molecule has 9 nitrogen and oxygen atoms in total. The average molecular weight is 457 g/mol. The lowest BCUT2D eigenvalue weighted by molar-refractivity contribution is 0.0952. The number of hydrogen-bond acceptors (Lipinski definition) is 7. The SMILES string of the molecule is Bc1cnn2c(NCCCCNC(=O)c3ccc4c(c3)OCO4)cc(-c3ccccc3O)nc12. The average Bonchev–Trinajstić information content (AvgIpc) is 3.47. The zero-order valence-electron chi connectivity index (χ0n) is 18.7. The summed E-state index contributed by atoms with van der Waals surface area (Å²) in [5.41, 5.74) is 3.57. The normalized spacial score (nSPS) is 12.1. The van der Waals surface area contributed by atoms with Crippen molar-refractivity contribution in [3.63, 3.8) is 0 Å². The molecule has 4 aromatic rings. The number of fused-ring (bicyclic) bond motifs is 2. The lowest BCUT2D eigenvalue weighted by atomic mass is 10.0. The molecule has 1 aliphatic heterocycles. The number of rotatable bonds is 8. The van der Waals surface area contributed by atoms with Gasteiger partial charge >= 0.3 is 0 Å². The van der Waals surface area contributed by atoms with E-state index in [-0.39, 0.29) is 18.4 Å². The van der Waals surface area contributed by atoms with E-state index in [4.69, 9.17) is 14.5 Å². The van der Waals surface area contributed by atoms with Crippen LogP contribution in [-0.4, -0.2) is 53.3 Å². The molecule has 0 aliphatic carbocycles. The number of benzene rings is 2. The summed E-state index contributed by atoms with van der Waals surface area (Å²) in [4.78, 5) is 17.1. The van der Waals surface area contributed by atoms with E-state index < -0.39 is 0 Å². The molecule has 0 bridgehead atoms. The van der Waals surface area contributed by atoms with Crippen molar-refractivity contribution < 1.29 is 19.4 Å². The molecule has 3 heterocycles. The predicted molar refractivity (Wildman–Crippen MR) is 131 cm³/mol. The Morgan fingerprint density at radius 3 is 2.79 bits per heavy atom. The van der Waals surface area contributed by atoms with Gasteiger partial charge in [0.2, 0.25) is 6.79 Å². The molecule has 2 aromatic carbocycles. The van der Waals surface area contributed by atoms with Gasteiger partial charge in [0.05, 0.1) is 5.69 Å². The zero-order chi connectivity index (χ0) is 23.5. The first kappa shape index (κ1) is 21.6. The molecule has 0 saturated carbocycles. The van der Waals surface area contributed by atoms with E-state index >= 15 is 0 Å². The number of aromatic nitrogens is 3. The Bertz CT molecular complexity index is 1360. The van der Waals surface area contributed by atoms with Crippen molar-refractivity contribution in [2.45, 2.75) is 12.8 Å². The van der Waals surface area contributed by atoms with Crippen molar-refractivity contribution in [3.8, 4) is 28.5 Å². The third-order valence-corrected chi connectivity index (χ3v) is 5.66. The molecule has 5 rings (SSSR count). The Labute approximate surface area is 197 Å². The second-order valence-corrected chi connectivity index (χ2v) is 8.06. The van der Waals surface area contributed by atoms with Crippen molar-refractivity contribution in [1.29, 1.82) is 0 Å². The van der Waals surface area contributed by atoms with Crippen LogP contribution in [0.15, 0.2) is 54.7 Å². The maximum absolute atomic E-state index is 12.4. The van der Waals surface area contributed by atoms with Gasteiger partial charge in [0, 0.05) is 36.5 Å². The summed E-state index contributed by atoms with van der Waals surface area (Å²) in [6.07, 6.45) is 3.42. The highest BCUT2D eigenvalue weighted by Crippen LogP contribution is 2.32. The monoisotopic (exact) mass is 457 g/mol. The number of phenolic OH excluding ortho intramolecular Hbond substituents is 1. The molecular weight excluding hydrogens is 433 g/mol. The Morgan fingerprint density at radius 1 is 1.09 bits per heavy atom. The minimum Gasteiger partial charge on any atom is -0.507 e. The first-order valence-electron chi connectivity index (χ1n) is 11.2. The topological polar surface area (TPSA) is 110 Å². The summed E-state index contributed by atoms with van der Waals surface area (Å²) < 4.78 is 12.4. The molecule has 0 unspecified atom stereocenters. The van der Waals surface area contributed by atoms with Gasteiger partial charge in [-0.15, -0.1) is 0 Å². The number of aromatic hydroxyl groups is 1. The minimum atomic E-state index is -0.138. The summed E-state index contributed by atoms with van der Waals surface area (Å²) >= 11 is 0. The van der Waals surface area contributed by atoms with Crippen molar-refractivity contribution in [2.24, 2.45) is 0 Å². The molecule has 1 amide bonds. The van der Waals surface area contributed by atoms with E-state index in [0.29, 0.717) is 41.4 Å². The summed E-state index contributed by atoms with van der Waals surface area (Å²) in [5.74, 6) is 2.09. The summed E-state index contributed by atoms with van der Waals surface area (Å²) in [6, 6.07) is 14.2. The van der Waals surface area contributed by atoms with Gasteiger partial charge in [-0.3, -0.25) is 4.79 Å². The minimum absolute atomic E-state index is 0.138. The summed E-state index contributed by atoms with van der Waals surface area (Å²) in [5, 5.41) is 21.0. The van der Waals surface area contributed by atoms with Crippen LogP contribution >= 0.6 is 0 Å². The van der Waals surface area contributed by atoms with E-state index in [9.17, 15) is 9.90 Å². The van der Waals surface area contributed by atoms with Gasteiger partial charge < -0.3 is 25.2 Å². The lowest BCUT2D eigenvalue weighted by Crippen LogP contribution is -2.24. The lowest BCUT2D eigenvalue weighted by Gasteiger charge is -2.12. The van der Waals surface area contributed by atoms with E-state index in [2.05, 4.69) is 15.7 Å². The number of para-hydroxylation sites is 1. The maximum Gasteiger partial charge on any atom is 0.251 e. The summed E-state index contributed by atoms with van der Waals surface area (Å²) in [6.45, 7) is 1.44. The van der Waals surface area contributed by atoms with Crippen LogP contribution in [0.3, 0.4) is 0 Å². The Morgan fingerprint density at radius 2 is 1.91 bits per heavy atom. The van der Waals surface area contributed by atoms with Crippen LogP contribution in [0.25, 0.3) is 16.9 Å². The molecule has 10 heteroatoms. The fraction of sp³-hybridized carbons (Fsp3) is 0.208. The van der Waals surface area contributed by atoms with Gasteiger partial charge in [-0.05, 0) is 48.6 Å². The third-order valence-electron chi connectivity index (χ3n) is 5.66. The van der Waals surface area contributed by atoms with Crippen molar-refractivity contribution in [1.82, 2.24) is 19.9 Å². The predicted octanol–water partition coefficient (Wildman–Crippen LogP) is 1.71. The smallest absolute Gasteiger partial charge is 0.251 e. The molecule has 3 N–H and O–H groups in total. The first-order valence-corrected chi connectivity index (χ1v) is 11.2. The molecule has 0 fully saturated rings. The highest BCUT2D eigenvalue weighted by molar-refractivity contribution is 6.36. The standard InChI is InChI=1S/C24H24BN5O4/c25-17-13-28-30-22(12-18(29-23(17)30)16-5-1-2-6-19(16)31)26-9-3-4-10-27-24(32)15-7-8-20-21(11-15)34-14-33-20/h1-2,5-8,11-13,26,31H,3-4,9-10,14,25H2,(H,27,32). The fourth-order valence-corrected chi connectivity index (χ4v) is 3.83. The zero-order valence-corrected chi connectivity index (χ0v) is 18.7. The molecule has 172 valence electrons. The van der Waals surface area contributed by atoms with Gasteiger partial charge in [0.25, 0.3) is 5.91 Å². The highest BCUT2D eigenvalue weighted by atomic mass is 16.7. The third kappa shape index (κ3) is 4.34. The van der Waals surface area contributed by atoms with Gasteiger partial charge in [-0.2, -0.15) is 9.61 Å². The Kier molecular flexibility index (Phi) is 5.94. The number of ether oxygens (including phenoxy) is 2. The Balaban J connectivity index is 1.18. The van der Waals surface area contributed by atoms with Crippen LogP contribution in [0, 0.1) is 0 Å². The van der Waals surface area contributed by atoms with Crippen LogP contribution in [-0.2, 0) is 0 Å². The quantitative estimate of drug-likeness (QED) is 0.273. The van der Waals surface area contributed by atoms with Gasteiger partial charge in [0.15, 0.2) is 17.1 Å². The molecule has 0 radical (unpaired) electrons. The molecule has 0 saturated heterocycles. The van der Waals surface area contributed by atoms with Crippen molar-refractivity contribution in [2.75, 3.05) is 25.2 Å². The number of nitrogens with zero attached hydrogens (tertiary/aromatic N) is 3. The molecule has 2 aromatic heterocycles. The number of carbonyl (C=O) groups is 1.